The molecule has 0 fully saturated rings. The smallest absolute Gasteiger partial charge is 0.256 e. The lowest BCUT2D eigenvalue weighted by Gasteiger charge is -2.06. The molecule has 1 amide bonds. The van der Waals surface area contributed by atoms with Gasteiger partial charge in [0.2, 0.25) is 0 Å². The molecule has 0 atom stereocenters. The third-order valence-corrected chi connectivity index (χ3v) is 4.98. The third-order valence-electron chi connectivity index (χ3n) is 3.94. The number of carbonyl (C=O) groups is 1. The minimum atomic E-state index is -0.319. The summed E-state index contributed by atoms with van der Waals surface area (Å²) in [6.45, 7) is 0. The van der Waals surface area contributed by atoms with Crippen LogP contribution in [0.15, 0.2) is 78.1 Å². The van der Waals surface area contributed by atoms with E-state index in [1.54, 1.807) is 30.0 Å². The Kier molecular flexibility index (Phi) is 4.76. The summed E-state index contributed by atoms with van der Waals surface area (Å²) in [7, 11) is 0. The number of anilines is 1. The van der Waals surface area contributed by atoms with E-state index in [4.69, 9.17) is 0 Å². The van der Waals surface area contributed by atoms with Gasteiger partial charge in [-0.15, -0.1) is 11.8 Å². The van der Waals surface area contributed by atoms with Gasteiger partial charge in [0, 0.05) is 34.8 Å². The van der Waals surface area contributed by atoms with Crippen molar-refractivity contribution < 1.29 is 9.90 Å². The van der Waals surface area contributed by atoms with Crippen molar-refractivity contribution in [3.05, 3.63) is 84.4 Å². The zero-order valence-corrected chi connectivity index (χ0v) is 15.1. The van der Waals surface area contributed by atoms with Gasteiger partial charge < -0.3 is 14.8 Å². The summed E-state index contributed by atoms with van der Waals surface area (Å²) in [5, 5.41) is 12.3. The van der Waals surface area contributed by atoms with Crippen LogP contribution in [0.4, 0.5) is 5.82 Å². The van der Waals surface area contributed by atoms with Crippen LogP contribution in [-0.4, -0.2) is 25.4 Å². The molecule has 3 aromatic heterocycles. The van der Waals surface area contributed by atoms with Crippen LogP contribution >= 0.6 is 11.8 Å². The Balaban J connectivity index is 1.39. The van der Waals surface area contributed by atoms with Gasteiger partial charge in [0.1, 0.15) is 5.65 Å². The molecule has 0 aliphatic carbocycles. The maximum absolute atomic E-state index is 12.3. The zero-order chi connectivity index (χ0) is 18.6. The van der Waals surface area contributed by atoms with Crippen molar-refractivity contribution in [2.75, 3.05) is 5.32 Å². The van der Waals surface area contributed by atoms with Gasteiger partial charge in [0.05, 0.1) is 5.69 Å². The fourth-order valence-corrected chi connectivity index (χ4v) is 3.37. The van der Waals surface area contributed by atoms with Crippen LogP contribution in [0, 0.1) is 0 Å². The zero-order valence-electron chi connectivity index (χ0n) is 14.2. The number of thioether (sulfide) groups is 1. The first-order valence-electron chi connectivity index (χ1n) is 8.30. The first-order valence-corrected chi connectivity index (χ1v) is 9.28. The molecule has 0 saturated heterocycles. The molecule has 0 bridgehead atoms. The summed E-state index contributed by atoms with van der Waals surface area (Å²) in [4.78, 5) is 21.8. The summed E-state index contributed by atoms with van der Waals surface area (Å²) in [6, 6.07) is 16.3. The molecule has 0 saturated carbocycles. The van der Waals surface area contributed by atoms with Gasteiger partial charge in [-0.05, 0) is 48.5 Å². The molecule has 4 aromatic rings. The van der Waals surface area contributed by atoms with Gasteiger partial charge in [-0.3, -0.25) is 4.79 Å². The molecule has 0 radical (unpaired) electrons. The van der Waals surface area contributed by atoms with E-state index in [1.807, 2.05) is 47.1 Å². The molecule has 3 heterocycles. The monoisotopic (exact) mass is 376 g/mol. The highest BCUT2D eigenvalue weighted by Crippen LogP contribution is 2.24. The number of rotatable bonds is 5. The highest BCUT2D eigenvalue weighted by atomic mass is 32.2. The van der Waals surface area contributed by atoms with Crippen LogP contribution in [-0.2, 0) is 5.75 Å². The van der Waals surface area contributed by atoms with Crippen LogP contribution in [0.25, 0.3) is 5.65 Å². The van der Waals surface area contributed by atoms with Gasteiger partial charge in [-0.2, -0.15) is 0 Å². The molecule has 0 aliphatic heterocycles. The summed E-state index contributed by atoms with van der Waals surface area (Å²) < 4.78 is 2.00. The van der Waals surface area contributed by atoms with E-state index in [0.717, 1.165) is 22.0 Å². The molecule has 0 unspecified atom stereocenters. The molecule has 2 N–H and O–H groups in total. The first-order chi connectivity index (χ1) is 13.2. The number of nitrogens with zero attached hydrogens (tertiary/aromatic N) is 3. The van der Waals surface area contributed by atoms with Gasteiger partial charge in [0.25, 0.3) is 5.91 Å². The molecular formula is C20H16N4O2S. The van der Waals surface area contributed by atoms with E-state index in [1.165, 1.54) is 12.3 Å². The Morgan fingerprint density at radius 3 is 2.74 bits per heavy atom. The van der Waals surface area contributed by atoms with Crippen molar-refractivity contribution >= 4 is 29.1 Å². The van der Waals surface area contributed by atoms with Crippen molar-refractivity contribution in [1.29, 1.82) is 0 Å². The summed E-state index contributed by atoms with van der Waals surface area (Å²) in [5.41, 5.74) is 2.42. The Morgan fingerprint density at radius 1 is 1.11 bits per heavy atom. The standard InChI is InChI=1S/C20H16N4O2S/c25-17-4-3-10-21-19(17)23-20(26)14-6-8-16(9-7-14)27-13-15-12-24-11-2-1-5-18(24)22-15/h1-12,25H,13H2,(H,21,23,26). The maximum Gasteiger partial charge on any atom is 0.256 e. The molecule has 0 spiro atoms. The maximum atomic E-state index is 12.3. The lowest BCUT2D eigenvalue weighted by Crippen LogP contribution is -2.12. The second-order valence-corrected chi connectivity index (χ2v) is 6.89. The van der Waals surface area contributed by atoms with Gasteiger partial charge in [-0.1, -0.05) is 6.07 Å². The molecule has 6 nitrogen and oxygen atoms in total. The predicted molar refractivity (Wildman–Crippen MR) is 105 cm³/mol. The Morgan fingerprint density at radius 2 is 1.96 bits per heavy atom. The predicted octanol–water partition coefficient (Wildman–Crippen LogP) is 3.98. The van der Waals surface area contributed by atoms with Gasteiger partial charge in [0.15, 0.2) is 11.6 Å². The minimum Gasteiger partial charge on any atom is -0.504 e. The van der Waals surface area contributed by atoms with Crippen LogP contribution in [0.1, 0.15) is 16.1 Å². The van der Waals surface area contributed by atoms with E-state index in [9.17, 15) is 9.90 Å². The van der Waals surface area contributed by atoms with E-state index in [-0.39, 0.29) is 17.5 Å². The van der Waals surface area contributed by atoms with Crippen LogP contribution in [0.5, 0.6) is 5.75 Å². The van der Waals surface area contributed by atoms with E-state index < -0.39 is 0 Å². The van der Waals surface area contributed by atoms with Crippen molar-refractivity contribution in [2.45, 2.75) is 10.6 Å². The van der Waals surface area contributed by atoms with E-state index in [0.29, 0.717) is 5.56 Å². The van der Waals surface area contributed by atoms with Crippen molar-refractivity contribution in [2.24, 2.45) is 0 Å². The summed E-state index contributed by atoms with van der Waals surface area (Å²) in [6.07, 6.45) is 5.50. The van der Waals surface area contributed by atoms with E-state index >= 15 is 0 Å². The SMILES string of the molecule is O=C(Nc1ncccc1O)c1ccc(SCc2cn3ccccc3n2)cc1. The quantitative estimate of drug-likeness (QED) is 0.515. The number of amides is 1. The Bertz CT molecular complexity index is 1060. The lowest BCUT2D eigenvalue weighted by molar-refractivity contribution is 0.102. The molecule has 134 valence electrons. The molecule has 27 heavy (non-hydrogen) atoms. The van der Waals surface area contributed by atoms with E-state index in [2.05, 4.69) is 15.3 Å². The van der Waals surface area contributed by atoms with Crippen molar-refractivity contribution in [1.82, 2.24) is 14.4 Å². The minimum absolute atomic E-state index is 0.0644. The topological polar surface area (TPSA) is 79.5 Å². The molecule has 0 aliphatic rings. The highest BCUT2D eigenvalue weighted by Gasteiger charge is 2.10. The molecule has 1 aromatic carbocycles. The first kappa shape index (κ1) is 17.1. The second-order valence-electron chi connectivity index (χ2n) is 5.84. The summed E-state index contributed by atoms with van der Waals surface area (Å²) >= 11 is 1.66. The van der Waals surface area contributed by atoms with Crippen LogP contribution < -0.4 is 5.32 Å². The second kappa shape index (κ2) is 7.51. The number of imidazole rings is 1. The fourth-order valence-electron chi connectivity index (χ4n) is 2.59. The number of hydrogen-bond donors (Lipinski definition) is 2. The molecule has 7 heteroatoms. The molecule has 4 rings (SSSR count). The number of aromatic hydroxyl groups is 1. The van der Waals surface area contributed by atoms with Gasteiger partial charge in [-0.25, -0.2) is 9.97 Å². The van der Waals surface area contributed by atoms with Crippen LogP contribution in [0.3, 0.4) is 0 Å². The van der Waals surface area contributed by atoms with Crippen molar-refractivity contribution in [3.63, 3.8) is 0 Å². The van der Waals surface area contributed by atoms with Crippen LogP contribution in [0.2, 0.25) is 0 Å². The largest absolute Gasteiger partial charge is 0.504 e. The number of carbonyl (C=O) groups excluding carboxylic acids is 1. The Labute approximate surface area is 159 Å². The summed E-state index contributed by atoms with van der Waals surface area (Å²) in [5.74, 6) is 0.508. The number of nitrogens with one attached hydrogen (secondary N) is 1. The Hall–Kier alpha value is -3.32. The number of fused-ring (bicyclic) bond motifs is 1. The normalized spacial score (nSPS) is 10.8. The third kappa shape index (κ3) is 3.93. The average molecular weight is 376 g/mol. The molecular weight excluding hydrogens is 360 g/mol. The number of hydrogen-bond acceptors (Lipinski definition) is 5. The van der Waals surface area contributed by atoms with Crippen molar-refractivity contribution in [3.8, 4) is 5.75 Å². The van der Waals surface area contributed by atoms with Gasteiger partial charge >= 0.3 is 0 Å². The highest BCUT2D eigenvalue weighted by molar-refractivity contribution is 7.98. The number of aromatic nitrogens is 3. The lowest BCUT2D eigenvalue weighted by atomic mass is 10.2. The fraction of sp³-hybridized carbons (Fsp3) is 0.0500. The number of benzene rings is 1. The average Bonchev–Trinajstić information content (AvgIpc) is 3.11. The number of pyridine rings is 2.